The predicted octanol–water partition coefficient (Wildman–Crippen LogP) is 1.47. The summed E-state index contributed by atoms with van der Waals surface area (Å²) in [6.45, 7) is 4.49. The first kappa shape index (κ1) is 29.7. The van der Waals surface area contributed by atoms with E-state index in [9.17, 15) is 14.4 Å². The number of nitrogens with one attached hydrogen (secondary N) is 1. The Bertz CT molecular complexity index is 1270. The first-order valence-electron chi connectivity index (χ1n) is 13.1. The van der Waals surface area contributed by atoms with Gasteiger partial charge in [0.2, 0.25) is 0 Å². The molecule has 3 aromatic rings. The van der Waals surface area contributed by atoms with Crippen LogP contribution in [0.2, 0.25) is 0 Å². The summed E-state index contributed by atoms with van der Waals surface area (Å²) in [5.74, 6) is -0.496. The maximum absolute atomic E-state index is 12.5. The molecule has 0 atom stereocenters. The molecule has 0 radical (unpaired) electrons. The number of aliphatic hydroxyl groups is 2. The molecular formula is C29H36N4O6. The van der Waals surface area contributed by atoms with E-state index in [1.54, 1.807) is 37.3 Å². The molecule has 3 N–H and O–H groups in total. The number of carbonyl (C=O) groups is 2. The van der Waals surface area contributed by atoms with Gasteiger partial charge in [-0.05, 0) is 49.2 Å². The maximum Gasteiger partial charge on any atom is 0.310 e. The lowest BCUT2D eigenvalue weighted by atomic mass is 10.1. The van der Waals surface area contributed by atoms with E-state index in [4.69, 9.17) is 14.9 Å². The van der Waals surface area contributed by atoms with Gasteiger partial charge in [-0.15, -0.1) is 0 Å². The molecule has 0 aliphatic rings. The highest BCUT2D eigenvalue weighted by Gasteiger charge is 2.10. The number of aromatic nitrogens is 2. The Labute approximate surface area is 227 Å². The largest absolute Gasteiger partial charge is 0.466 e. The Balaban J connectivity index is 1.61. The van der Waals surface area contributed by atoms with Crippen molar-refractivity contribution in [3.63, 3.8) is 0 Å². The van der Waals surface area contributed by atoms with Gasteiger partial charge < -0.3 is 20.3 Å². The van der Waals surface area contributed by atoms with Gasteiger partial charge in [0.15, 0.2) is 0 Å². The SMILES string of the molecule is CCOC(=O)Cc1cccc(Cn2nc(-c3ccc(C(=O)NCCCN(CCO)CCO)cc3)ccc2=O)c1. The Kier molecular flexibility index (Phi) is 11.8. The van der Waals surface area contributed by atoms with E-state index in [2.05, 4.69) is 10.4 Å². The van der Waals surface area contributed by atoms with Gasteiger partial charge in [-0.2, -0.15) is 5.10 Å². The summed E-state index contributed by atoms with van der Waals surface area (Å²) in [5, 5.41) is 25.6. The summed E-state index contributed by atoms with van der Waals surface area (Å²) >= 11 is 0. The number of aliphatic hydroxyl groups excluding tert-OH is 2. The average molecular weight is 537 g/mol. The number of carbonyl (C=O) groups excluding carboxylic acids is 2. The van der Waals surface area contributed by atoms with Crippen LogP contribution in [0, 0.1) is 0 Å². The van der Waals surface area contributed by atoms with Gasteiger partial charge in [0.1, 0.15) is 0 Å². The monoisotopic (exact) mass is 536 g/mol. The predicted molar refractivity (Wildman–Crippen MR) is 147 cm³/mol. The first-order chi connectivity index (χ1) is 18.9. The summed E-state index contributed by atoms with van der Waals surface area (Å²) in [7, 11) is 0. The normalized spacial score (nSPS) is 11.0. The summed E-state index contributed by atoms with van der Waals surface area (Å²) in [6.07, 6.45) is 0.858. The minimum Gasteiger partial charge on any atom is -0.466 e. The van der Waals surface area contributed by atoms with Crippen LogP contribution in [0.5, 0.6) is 0 Å². The summed E-state index contributed by atoms with van der Waals surface area (Å²) < 4.78 is 6.38. The molecule has 0 fully saturated rings. The lowest BCUT2D eigenvalue weighted by Crippen LogP contribution is -2.33. The Hall–Kier alpha value is -3.86. The molecule has 0 unspecified atom stereocenters. The third kappa shape index (κ3) is 9.43. The second-order valence-corrected chi connectivity index (χ2v) is 8.99. The number of rotatable bonds is 15. The Morgan fingerprint density at radius 2 is 1.69 bits per heavy atom. The minimum atomic E-state index is -0.299. The third-order valence-corrected chi connectivity index (χ3v) is 6.06. The molecule has 0 saturated heterocycles. The van der Waals surface area contributed by atoms with Gasteiger partial charge in [0.05, 0.1) is 38.5 Å². The summed E-state index contributed by atoms with van der Waals surface area (Å²) in [6, 6.07) is 17.5. The quantitative estimate of drug-likeness (QED) is 0.196. The van der Waals surface area contributed by atoms with Crippen molar-refractivity contribution in [3.8, 4) is 11.3 Å². The number of amides is 1. The maximum atomic E-state index is 12.5. The Morgan fingerprint density at radius 3 is 2.38 bits per heavy atom. The molecule has 0 saturated carbocycles. The van der Waals surface area contributed by atoms with Crippen LogP contribution in [0.3, 0.4) is 0 Å². The molecule has 3 rings (SSSR count). The van der Waals surface area contributed by atoms with Crippen LogP contribution in [0.4, 0.5) is 0 Å². The molecule has 0 spiro atoms. The van der Waals surface area contributed by atoms with E-state index in [-0.39, 0.29) is 43.6 Å². The van der Waals surface area contributed by atoms with Crippen molar-refractivity contribution in [2.45, 2.75) is 26.3 Å². The fraction of sp³-hybridized carbons (Fsp3) is 0.379. The highest BCUT2D eigenvalue weighted by atomic mass is 16.5. The lowest BCUT2D eigenvalue weighted by molar-refractivity contribution is -0.142. The van der Waals surface area contributed by atoms with E-state index >= 15 is 0 Å². The van der Waals surface area contributed by atoms with E-state index in [1.807, 2.05) is 29.2 Å². The average Bonchev–Trinajstić information content (AvgIpc) is 2.93. The van der Waals surface area contributed by atoms with Gasteiger partial charge in [-0.3, -0.25) is 19.3 Å². The molecule has 10 nitrogen and oxygen atoms in total. The van der Waals surface area contributed by atoms with Gasteiger partial charge >= 0.3 is 5.97 Å². The van der Waals surface area contributed by atoms with Gasteiger partial charge in [0.25, 0.3) is 11.5 Å². The number of esters is 1. The van der Waals surface area contributed by atoms with Crippen LogP contribution >= 0.6 is 0 Å². The van der Waals surface area contributed by atoms with Gasteiger partial charge in [-0.25, -0.2) is 4.68 Å². The molecule has 0 aliphatic heterocycles. The third-order valence-electron chi connectivity index (χ3n) is 6.06. The smallest absolute Gasteiger partial charge is 0.310 e. The topological polar surface area (TPSA) is 134 Å². The number of hydrogen-bond acceptors (Lipinski definition) is 8. The fourth-order valence-corrected chi connectivity index (χ4v) is 4.12. The summed E-state index contributed by atoms with van der Waals surface area (Å²) in [5.41, 5.74) is 3.26. The van der Waals surface area contributed by atoms with Crippen LogP contribution in [-0.4, -0.2) is 82.8 Å². The van der Waals surface area contributed by atoms with Crippen molar-refractivity contribution in [1.29, 1.82) is 0 Å². The molecule has 0 bridgehead atoms. The second-order valence-electron chi connectivity index (χ2n) is 8.99. The number of hydrogen-bond donors (Lipinski definition) is 3. The van der Waals surface area contributed by atoms with Crippen molar-refractivity contribution in [3.05, 3.63) is 87.7 Å². The van der Waals surface area contributed by atoms with Gasteiger partial charge in [-0.1, -0.05) is 36.4 Å². The van der Waals surface area contributed by atoms with Crippen molar-refractivity contribution < 1.29 is 24.5 Å². The molecule has 1 heterocycles. The summed E-state index contributed by atoms with van der Waals surface area (Å²) in [4.78, 5) is 38.8. The van der Waals surface area contributed by atoms with E-state index in [1.165, 1.54) is 10.7 Å². The first-order valence-corrected chi connectivity index (χ1v) is 13.1. The van der Waals surface area contributed by atoms with Crippen molar-refractivity contribution in [2.75, 3.05) is 46.0 Å². The lowest BCUT2D eigenvalue weighted by Gasteiger charge is -2.19. The van der Waals surface area contributed by atoms with Crippen LogP contribution in [0.15, 0.2) is 65.5 Å². The van der Waals surface area contributed by atoms with Crippen molar-refractivity contribution in [1.82, 2.24) is 20.0 Å². The van der Waals surface area contributed by atoms with Crippen LogP contribution in [-0.2, 0) is 22.5 Å². The van der Waals surface area contributed by atoms with Crippen molar-refractivity contribution in [2.24, 2.45) is 0 Å². The number of benzene rings is 2. The zero-order chi connectivity index (χ0) is 28.0. The van der Waals surface area contributed by atoms with Crippen LogP contribution < -0.4 is 10.9 Å². The molecule has 1 amide bonds. The molecule has 10 heteroatoms. The molecular weight excluding hydrogens is 500 g/mol. The second kappa shape index (κ2) is 15.5. The number of ether oxygens (including phenoxy) is 1. The van der Waals surface area contributed by atoms with Crippen LogP contribution in [0.1, 0.15) is 34.8 Å². The Morgan fingerprint density at radius 1 is 0.974 bits per heavy atom. The zero-order valence-electron chi connectivity index (χ0n) is 22.2. The highest BCUT2D eigenvalue weighted by molar-refractivity contribution is 5.94. The molecule has 2 aromatic carbocycles. The molecule has 1 aromatic heterocycles. The van der Waals surface area contributed by atoms with E-state index < -0.39 is 0 Å². The highest BCUT2D eigenvalue weighted by Crippen LogP contribution is 2.17. The fourth-order valence-electron chi connectivity index (χ4n) is 4.12. The molecule has 208 valence electrons. The van der Waals surface area contributed by atoms with E-state index in [0.29, 0.717) is 50.5 Å². The zero-order valence-corrected chi connectivity index (χ0v) is 22.2. The van der Waals surface area contributed by atoms with Crippen molar-refractivity contribution >= 4 is 11.9 Å². The minimum absolute atomic E-state index is 0.0232. The van der Waals surface area contributed by atoms with Crippen LogP contribution in [0.25, 0.3) is 11.3 Å². The molecule has 39 heavy (non-hydrogen) atoms. The molecule has 0 aliphatic carbocycles. The number of nitrogens with zero attached hydrogens (tertiary/aromatic N) is 3. The van der Waals surface area contributed by atoms with Gasteiger partial charge in [0, 0.05) is 36.8 Å². The standard InChI is InChI=1S/C29H36N4O6/c1-2-39-28(37)20-22-5-3-6-23(19-22)21-33-27(36)12-11-26(31-33)24-7-9-25(10-8-24)29(38)30-13-4-14-32(15-17-34)16-18-35/h3,5-12,19,34-35H,2,4,13-18,20-21H2,1H3,(H,30,38). The van der Waals surface area contributed by atoms with E-state index in [0.717, 1.165) is 16.7 Å².